The van der Waals surface area contributed by atoms with E-state index in [1.165, 1.54) is 11.1 Å². The smallest absolute Gasteiger partial charge is 0.259 e. The Labute approximate surface area is 183 Å². The highest BCUT2D eigenvalue weighted by Crippen LogP contribution is 2.25. The summed E-state index contributed by atoms with van der Waals surface area (Å²) in [5, 5.41) is 3.33. The van der Waals surface area contributed by atoms with Crippen molar-refractivity contribution in [1.82, 2.24) is 9.97 Å². The maximum atomic E-state index is 13.4. The molecular formula is C25H28N4O2. The molecule has 1 aromatic heterocycles. The molecule has 1 amide bonds. The molecule has 0 unspecified atom stereocenters. The minimum atomic E-state index is -0.0764. The van der Waals surface area contributed by atoms with Gasteiger partial charge in [0.2, 0.25) is 5.95 Å². The van der Waals surface area contributed by atoms with Crippen LogP contribution in [0, 0.1) is 0 Å². The lowest BCUT2D eigenvalue weighted by atomic mass is 10.1. The van der Waals surface area contributed by atoms with Crippen LogP contribution in [-0.4, -0.2) is 36.1 Å². The van der Waals surface area contributed by atoms with Gasteiger partial charge < -0.3 is 10.1 Å². The number of rotatable bonds is 8. The molecule has 1 atom stereocenters. The van der Waals surface area contributed by atoms with Gasteiger partial charge in [0, 0.05) is 18.9 Å². The van der Waals surface area contributed by atoms with Crippen LogP contribution in [0.3, 0.4) is 0 Å². The third-order valence-electron chi connectivity index (χ3n) is 5.67. The molecule has 6 nitrogen and oxygen atoms in total. The van der Waals surface area contributed by atoms with Crippen LogP contribution in [0.4, 0.5) is 11.8 Å². The highest BCUT2D eigenvalue weighted by Gasteiger charge is 2.22. The van der Waals surface area contributed by atoms with Gasteiger partial charge in [0.25, 0.3) is 5.91 Å². The minimum Gasteiger partial charge on any atom is -0.383 e. The van der Waals surface area contributed by atoms with Crippen LogP contribution in [0.25, 0.3) is 0 Å². The lowest BCUT2D eigenvalue weighted by Crippen LogP contribution is -2.35. The summed E-state index contributed by atoms with van der Waals surface area (Å²) >= 11 is 0. The van der Waals surface area contributed by atoms with Crippen molar-refractivity contribution in [3.63, 3.8) is 0 Å². The molecule has 1 N–H and O–H groups in total. The number of aryl methyl sites for hydroxylation is 2. The fourth-order valence-corrected chi connectivity index (χ4v) is 3.95. The van der Waals surface area contributed by atoms with Gasteiger partial charge in [-0.15, -0.1) is 0 Å². The van der Waals surface area contributed by atoms with Gasteiger partial charge in [-0.3, -0.25) is 9.69 Å². The molecule has 0 aliphatic heterocycles. The van der Waals surface area contributed by atoms with E-state index in [0.717, 1.165) is 24.8 Å². The molecule has 1 heterocycles. The topological polar surface area (TPSA) is 67.3 Å². The van der Waals surface area contributed by atoms with E-state index in [1.807, 2.05) is 30.3 Å². The molecule has 0 fully saturated rings. The summed E-state index contributed by atoms with van der Waals surface area (Å²) in [6.45, 7) is 2.89. The molecule has 1 aliphatic rings. The van der Waals surface area contributed by atoms with Crippen molar-refractivity contribution in [3.05, 3.63) is 83.0 Å². The number of hydrogen-bond acceptors (Lipinski definition) is 5. The maximum absolute atomic E-state index is 13.4. The number of ether oxygens (including phenoxy) is 1. The fourth-order valence-electron chi connectivity index (χ4n) is 3.95. The lowest BCUT2D eigenvalue weighted by molar-refractivity contribution is 0.0975. The van der Waals surface area contributed by atoms with E-state index in [0.29, 0.717) is 30.5 Å². The second kappa shape index (κ2) is 9.71. The fraction of sp³-hybridized carbons (Fsp3) is 0.320. The Balaban J connectivity index is 1.57. The summed E-state index contributed by atoms with van der Waals surface area (Å²) in [5.74, 6) is 0.964. The van der Waals surface area contributed by atoms with Gasteiger partial charge in [-0.25, -0.2) is 4.98 Å². The molecule has 0 radical (unpaired) electrons. The molecule has 2 aromatic carbocycles. The van der Waals surface area contributed by atoms with Crippen molar-refractivity contribution < 1.29 is 9.53 Å². The van der Waals surface area contributed by atoms with Gasteiger partial charge in [-0.2, -0.15) is 4.98 Å². The largest absolute Gasteiger partial charge is 0.383 e. The second-order valence-corrected chi connectivity index (χ2v) is 7.80. The highest BCUT2D eigenvalue weighted by atomic mass is 16.5. The molecule has 0 bridgehead atoms. The zero-order chi connectivity index (χ0) is 21.6. The Kier molecular flexibility index (Phi) is 6.57. The van der Waals surface area contributed by atoms with Crippen LogP contribution in [0.1, 0.15) is 46.4 Å². The second-order valence-electron chi connectivity index (χ2n) is 7.80. The van der Waals surface area contributed by atoms with Crippen molar-refractivity contribution in [1.29, 1.82) is 0 Å². The van der Waals surface area contributed by atoms with Crippen molar-refractivity contribution in [2.24, 2.45) is 0 Å². The Morgan fingerprint density at radius 2 is 1.94 bits per heavy atom. The molecule has 31 heavy (non-hydrogen) atoms. The number of anilines is 2. The van der Waals surface area contributed by atoms with Crippen molar-refractivity contribution >= 4 is 17.7 Å². The van der Waals surface area contributed by atoms with E-state index in [2.05, 4.69) is 40.4 Å². The van der Waals surface area contributed by atoms with Gasteiger partial charge in [0.05, 0.1) is 19.2 Å². The average Bonchev–Trinajstić information content (AvgIpc) is 3.28. The predicted molar refractivity (Wildman–Crippen MR) is 123 cm³/mol. The third kappa shape index (κ3) is 4.91. The van der Waals surface area contributed by atoms with E-state index >= 15 is 0 Å². The van der Waals surface area contributed by atoms with Gasteiger partial charge in [-0.1, -0.05) is 36.4 Å². The number of carbonyl (C=O) groups is 1. The third-order valence-corrected chi connectivity index (χ3v) is 5.67. The zero-order valence-electron chi connectivity index (χ0n) is 18.0. The number of amides is 1. The first-order chi connectivity index (χ1) is 15.2. The molecule has 3 aromatic rings. The number of hydrogen-bond donors (Lipinski definition) is 1. The molecule has 160 valence electrons. The van der Waals surface area contributed by atoms with E-state index < -0.39 is 0 Å². The summed E-state index contributed by atoms with van der Waals surface area (Å²) in [6, 6.07) is 18.0. The van der Waals surface area contributed by atoms with Crippen LogP contribution in [0.15, 0.2) is 60.8 Å². The van der Waals surface area contributed by atoms with E-state index in [-0.39, 0.29) is 11.9 Å². The number of benzene rings is 2. The SMILES string of the molecule is COCCN(C(=O)c1ccc2c(c1)CCC2)c1ccnc(N[C@@H](C)c2ccccc2)n1. The van der Waals surface area contributed by atoms with Crippen LogP contribution in [0.2, 0.25) is 0 Å². The standard InChI is InChI=1S/C25H28N4O2/c1-18(19-7-4-3-5-8-19)27-25-26-14-13-23(28-25)29(15-16-31-2)24(30)22-12-11-20-9-6-10-21(20)17-22/h3-5,7-8,11-14,17-18H,6,9-10,15-16H2,1-2H3,(H,26,27,28)/t18-/m0/s1. The van der Waals surface area contributed by atoms with Crippen molar-refractivity contribution in [2.75, 3.05) is 30.5 Å². The monoisotopic (exact) mass is 416 g/mol. The quantitative estimate of drug-likeness (QED) is 0.588. The molecule has 1 aliphatic carbocycles. The van der Waals surface area contributed by atoms with Gasteiger partial charge in [-0.05, 0) is 61.1 Å². The van der Waals surface area contributed by atoms with Gasteiger partial charge in [0.15, 0.2) is 0 Å². The molecule has 4 rings (SSSR count). The molecule has 6 heteroatoms. The van der Waals surface area contributed by atoms with Crippen LogP contribution < -0.4 is 10.2 Å². The number of fused-ring (bicyclic) bond motifs is 1. The van der Waals surface area contributed by atoms with Crippen molar-refractivity contribution in [3.8, 4) is 0 Å². The lowest BCUT2D eigenvalue weighted by Gasteiger charge is -2.23. The highest BCUT2D eigenvalue weighted by molar-refractivity contribution is 6.05. The molecular weight excluding hydrogens is 388 g/mol. The number of aromatic nitrogens is 2. The Morgan fingerprint density at radius 3 is 2.74 bits per heavy atom. The minimum absolute atomic E-state index is 0.0382. The number of carbonyl (C=O) groups excluding carboxylic acids is 1. The maximum Gasteiger partial charge on any atom is 0.259 e. The van der Waals surface area contributed by atoms with Crippen LogP contribution in [0.5, 0.6) is 0 Å². The van der Waals surface area contributed by atoms with E-state index in [1.54, 1.807) is 24.3 Å². The summed E-state index contributed by atoms with van der Waals surface area (Å²) in [6.07, 6.45) is 4.96. The Morgan fingerprint density at radius 1 is 1.13 bits per heavy atom. The Bertz CT molecular complexity index is 1040. The van der Waals surface area contributed by atoms with Crippen LogP contribution >= 0.6 is 0 Å². The molecule has 0 saturated heterocycles. The normalized spacial score (nSPS) is 13.5. The van der Waals surface area contributed by atoms with Crippen LogP contribution in [-0.2, 0) is 17.6 Å². The van der Waals surface area contributed by atoms with Crippen molar-refractivity contribution in [2.45, 2.75) is 32.2 Å². The first-order valence-electron chi connectivity index (χ1n) is 10.7. The number of nitrogens with one attached hydrogen (secondary N) is 1. The van der Waals surface area contributed by atoms with E-state index in [9.17, 15) is 4.79 Å². The number of nitrogens with zero attached hydrogens (tertiary/aromatic N) is 3. The molecule has 0 saturated carbocycles. The van der Waals surface area contributed by atoms with E-state index in [4.69, 9.17) is 4.74 Å². The summed E-state index contributed by atoms with van der Waals surface area (Å²) < 4.78 is 5.25. The predicted octanol–water partition coefficient (Wildman–Crippen LogP) is 4.43. The summed E-state index contributed by atoms with van der Waals surface area (Å²) in [7, 11) is 1.63. The Hall–Kier alpha value is -3.25. The number of methoxy groups -OCH3 is 1. The first-order valence-corrected chi connectivity index (χ1v) is 10.7. The summed E-state index contributed by atoms with van der Waals surface area (Å²) in [4.78, 5) is 24.1. The van der Waals surface area contributed by atoms with Gasteiger partial charge in [0.1, 0.15) is 5.82 Å². The summed E-state index contributed by atoms with van der Waals surface area (Å²) in [5.41, 5.74) is 4.45. The first kappa shape index (κ1) is 21.0. The zero-order valence-corrected chi connectivity index (χ0v) is 18.0. The average molecular weight is 417 g/mol. The van der Waals surface area contributed by atoms with Gasteiger partial charge >= 0.3 is 0 Å². The molecule has 0 spiro atoms.